The lowest BCUT2D eigenvalue weighted by molar-refractivity contribution is 0.446. The average molecular weight is 255 g/mol. The summed E-state index contributed by atoms with van der Waals surface area (Å²) in [5, 5.41) is 7.75. The summed E-state index contributed by atoms with van der Waals surface area (Å²) in [5.74, 6) is 1.44. The molecule has 0 saturated heterocycles. The van der Waals surface area contributed by atoms with Gasteiger partial charge in [-0.2, -0.15) is 0 Å². The molecular weight excluding hydrogens is 244 g/mol. The lowest BCUT2D eigenvalue weighted by Crippen LogP contribution is -2.24. The summed E-state index contributed by atoms with van der Waals surface area (Å²) in [7, 11) is 0. The van der Waals surface area contributed by atoms with Gasteiger partial charge < -0.3 is 4.42 Å². The first-order chi connectivity index (χ1) is 8.10. The molecule has 0 N–H and O–H groups in total. The highest BCUT2D eigenvalue weighted by Gasteiger charge is 2.10. The van der Waals surface area contributed by atoms with Gasteiger partial charge in [0, 0.05) is 19.4 Å². The van der Waals surface area contributed by atoms with E-state index < -0.39 is 0 Å². The molecule has 6 nitrogen and oxygen atoms in total. The zero-order chi connectivity index (χ0) is 12.4. The van der Waals surface area contributed by atoms with E-state index in [1.165, 1.54) is 10.6 Å². The van der Waals surface area contributed by atoms with E-state index >= 15 is 0 Å². The van der Waals surface area contributed by atoms with Crippen molar-refractivity contribution in [3.05, 3.63) is 39.2 Å². The van der Waals surface area contributed by atoms with Gasteiger partial charge >= 0.3 is 0 Å². The fourth-order valence-corrected chi connectivity index (χ4v) is 1.69. The first-order valence-corrected chi connectivity index (χ1v) is 5.53. The number of nitrogens with zero attached hydrogens (tertiary/aromatic N) is 4. The third kappa shape index (κ3) is 2.52. The van der Waals surface area contributed by atoms with Crippen LogP contribution in [0.5, 0.6) is 0 Å². The Labute approximate surface area is 102 Å². The summed E-state index contributed by atoms with van der Waals surface area (Å²) >= 11 is 5.73. The molecule has 7 heteroatoms. The average Bonchev–Trinajstić information content (AvgIpc) is 2.67. The van der Waals surface area contributed by atoms with Crippen molar-refractivity contribution in [1.82, 2.24) is 19.7 Å². The van der Waals surface area contributed by atoms with Gasteiger partial charge in [-0.1, -0.05) is 18.5 Å². The van der Waals surface area contributed by atoms with E-state index in [-0.39, 0.29) is 17.3 Å². The van der Waals surface area contributed by atoms with Gasteiger partial charge in [0.05, 0.1) is 0 Å². The van der Waals surface area contributed by atoms with Gasteiger partial charge in [-0.05, 0) is 0 Å². The summed E-state index contributed by atoms with van der Waals surface area (Å²) in [6.07, 6.45) is 0.600. The summed E-state index contributed by atoms with van der Waals surface area (Å²) in [4.78, 5) is 15.9. The molecule has 2 rings (SSSR count). The van der Waals surface area contributed by atoms with Gasteiger partial charge in [0.25, 0.3) is 5.56 Å². The van der Waals surface area contributed by atoms with E-state index in [1.54, 1.807) is 6.92 Å². The minimum atomic E-state index is -0.224. The summed E-state index contributed by atoms with van der Waals surface area (Å²) < 4.78 is 6.70. The van der Waals surface area contributed by atoms with Crippen molar-refractivity contribution in [3.63, 3.8) is 0 Å². The highest BCUT2D eigenvalue weighted by molar-refractivity contribution is 6.29. The Kier molecular flexibility index (Phi) is 3.23. The highest BCUT2D eigenvalue weighted by Crippen LogP contribution is 2.06. The fraction of sp³-hybridized carbons (Fsp3) is 0.400. The maximum Gasteiger partial charge on any atom is 0.255 e. The topological polar surface area (TPSA) is 73.8 Å². The monoisotopic (exact) mass is 254 g/mol. The number of rotatable bonds is 3. The van der Waals surface area contributed by atoms with Gasteiger partial charge in [-0.3, -0.25) is 9.36 Å². The molecule has 0 spiro atoms. The quantitative estimate of drug-likeness (QED) is 0.770. The number of aromatic nitrogens is 4. The number of aryl methyl sites for hydroxylation is 2. The third-order valence-corrected chi connectivity index (χ3v) is 2.43. The standard InChI is InChI=1S/C10H11ClN4O2/c1-3-8-12-7(11)4-10(16)15(8)5-9-14-13-6(2)17-9/h4H,3,5H2,1-2H3. The molecule has 0 atom stereocenters. The van der Waals surface area contributed by atoms with Crippen LogP contribution in [-0.2, 0) is 13.0 Å². The van der Waals surface area contributed by atoms with Crippen molar-refractivity contribution in [1.29, 1.82) is 0 Å². The first-order valence-electron chi connectivity index (χ1n) is 5.15. The molecule has 0 amide bonds. The molecule has 2 aromatic rings. The number of halogens is 1. The first kappa shape index (κ1) is 11.8. The maximum absolute atomic E-state index is 11.8. The van der Waals surface area contributed by atoms with E-state index in [0.717, 1.165) is 0 Å². The van der Waals surface area contributed by atoms with Crippen LogP contribution in [0.15, 0.2) is 15.3 Å². The molecule has 0 radical (unpaired) electrons. The second-order valence-corrected chi connectivity index (χ2v) is 3.88. The molecule has 0 aliphatic carbocycles. The van der Waals surface area contributed by atoms with Crippen LogP contribution in [0.4, 0.5) is 0 Å². The summed E-state index contributed by atoms with van der Waals surface area (Å²) in [5.41, 5.74) is -0.224. The largest absolute Gasteiger partial charge is 0.424 e. The van der Waals surface area contributed by atoms with E-state index in [9.17, 15) is 4.79 Å². The second-order valence-electron chi connectivity index (χ2n) is 3.49. The minimum absolute atomic E-state index is 0.199. The fourth-order valence-electron chi connectivity index (χ4n) is 1.50. The van der Waals surface area contributed by atoms with Crippen LogP contribution in [0.25, 0.3) is 0 Å². The van der Waals surface area contributed by atoms with Crippen molar-refractivity contribution >= 4 is 11.6 Å². The van der Waals surface area contributed by atoms with E-state index in [0.29, 0.717) is 24.0 Å². The smallest absolute Gasteiger partial charge is 0.255 e. The lowest BCUT2D eigenvalue weighted by atomic mass is 10.4. The molecule has 0 aromatic carbocycles. The van der Waals surface area contributed by atoms with Crippen molar-refractivity contribution in [2.45, 2.75) is 26.8 Å². The van der Waals surface area contributed by atoms with Crippen LogP contribution in [0.2, 0.25) is 5.15 Å². The van der Waals surface area contributed by atoms with Gasteiger partial charge in [-0.15, -0.1) is 10.2 Å². The predicted molar refractivity (Wildman–Crippen MR) is 61.0 cm³/mol. The Morgan fingerprint density at radius 3 is 2.82 bits per heavy atom. The Hall–Kier alpha value is -1.69. The molecule has 2 heterocycles. The van der Waals surface area contributed by atoms with Crippen LogP contribution in [0.1, 0.15) is 24.5 Å². The van der Waals surface area contributed by atoms with Crippen molar-refractivity contribution < 1.29 is 4.42 Å². The molecule has 0 aliphatic rings. The zero-order valence-electron chi connectivity index (χ0n) is 9.47. The van der Waals surface area contributed by atoms with Crippen LogP contribution in [-0.4, -0.2) is 19.7 Å². The Morgan fingerprint density at radius 1 is 1.47 bits per heavy atom. The zero-order valence-corrected chi connectivity index (χ0v) is 10.2. The minimum Gasteiger partial charge on any atom is -0.424 e. The molecule has 2 aromatic heterocycles. The normalized spacial score (nSPS) is 10.8. The molecule has 0 saturated carbocycles. The summed E-state index contributed by atoms with van der Waals surface area (Å²) in [6, 6.07) is 1.27. The SMILES string of the molecule is CCc1nc(Cl)cc(=O)n1Cc1nnc(C)o1. The maximum atomic E-state index is 11.8. The molecule has 90 valence electrons. The predicted octanol–water partition coefficient (Wildman–Crippen LogP) is 1.20. The Bertz CT molecular complexity index is 590. The molecule has 0 unspecified atom stereocenters. The van der Waals surface area contributed by atoms with Gasteiger partial charge in [0.15, 0.2) is 0 Å². The lowest BCUT2D eigenvalue weighted by Gasteiger charge is -2.07. The van der Waals surface area contributed by atoms with Gasteiger partial charge in [-0.25, -0.2) is 4.98 Å². The third-order valence-electron chi connectivity index (χ3n) is 2.23. The second kappa shape index (κ2) is 4.67. The highest BCUT2D eigenvalue weighted by atomic mass is 35.5. The van der Waals surface area contributed by atoms with Gasteiger partial charge in [0.2, 0.25) is 11.8 Å². The molecule has 0 aliphatic heterocycles. The molecular formula is C10H11ClN4O2. The molecule has 0 fully saturated rings. The van der Waals surface area contributed by atoms with Crippen molar-refractivity contribution in [2.24, 2.45) is 0 Å². The summed E-state index contributed by atoms with van der Waals surface area (Å²) in [6.45, 7) is 3.81. The van der Waals surface area contributed by atoms with E-state index in [2.05, 4.69) is 15.2 Å². The van der Waals surface area contributed by atoms with Crippen LogP contribution < -0.4 is 5.56 Å². The van der Waals surface area contributed by atoms with Crippen LogP contribution in [0.3, 0.4) is 0 Å². The number of hydrogen-bond acceptors (Lipinski definition) is 5. The number of hydrogen-bond donors (Lipinski definition) is 0. The van der Waals surface area contributed by atoms with E-state index in [1.807, 2.05) is 6.92 Å². The molecule has 17 heavy (non-hydrogen) atoms. The van der Waals surface area contributed by atoms with Gasteiger partial charge in [0.1, 0.15) is 17.5 Å². The van der Waals surface area contributed by atoms with Crippen LogP contribution in [0, 0.1) is 6.92 Å². The van der Waals surface area contributed by atoms with Crippen molar-refractivity contribution in [3.8, 4) is 0 Å². The van der Waals surface area contributed by atoms with E-state index in [4.69, 9.17) is 16.0 Å². The Morgan fingerprint density at radius 2 is 2.24 bits per heavy atom. The Balaban J connectivity index is 2.41. The van der Waals surface area contributed by atoms with Crippen molar-refractivity contribution in [2.75, 3.05) is 0 Å². The van der Waals surface area contributed by atoms with Crippen LogP contribution >= 0.6 is 11.6 Å². The molecule has 0 bridgehead atoms.